The minimum atomic E-state index is 0.379. The van der Waals surface area contributed by atoms with Crippen molar-refractivity contribution in [1.29, 1.82) is 0 Å². The Hall–Kier alpha value is -0.0400. The lowest BCUT2D eigenvalue weighted by molar-refractivity contribution is 0.178. The molecule has 1 nitrogen and oxygen atoms in total. The van der Waals surface area contributed by atoms with Crippen LogP contribution in [0.5, 0.6) is 0 Å². The van der Waals surface area contributed by atoms with Crippen LogP contribution in [-0.2, 0) is 0 Å². The normalized spacial score (nSPS) is 16.1. The van der Waals surface area contributed by atoms with E-state index in [1.807, 2.05) is 0 Å². The van der Waals surface area contributed by atoms with Crippen LogP contribution in [0.25, 0.3) is 0 Å². The van der Waals surface area contributed by atoms with Crippen LogP contribution in [0.2, 0.25) is 0 Å². The van der Waals surface area contributed by atoms with Gasteiger partial charge in [-0.2, -0.15) is 0 Å². The molecule has 0 rings (SSSR count). The molecule has 0 heterocycles. The second-order valence-corrected chi connectivity index (χ2v) is 6.11. The predicted molar refractivity (Wildman–Crippen MR) is 74.8 cm³/mol. The van der Waals surface area contributed by atoms with Crippen molar-refractivity contribution in [3.8, 4) is 0 Å². The Morgan fingerprint density at radius 2 is 1.62 bits per heavy atom. The molecular formula is C15H33N. The summed E-state index contributed by atoms with van der Waals surface area (Å²) in [7, 11) is 0. The molecule has 98 valence electrons. The third kappa shape index (κ3) is 5.89. The highest BCUT2D eigenvalue weighted by atomic mass is 14.9. The Labute approximate surface area is 103 Å². The molecule has 0 aromatic carbocycles. The van der Waals surface area contributed by atoms with Crippen LogP contribution in [0.15, 0.2) is 0 Å². The number of hydrogen-bond donors (Lipinski definition) is 1. The first kappa shape index (κ1) is 16.0. The van der Waals surface area contributed by atoms with Crippen molar-refractivity contribution >= 4 is 0 Å². The predicted octanol–water partition coefficient (Wildman–Crippen LogP) is 4.62. The van der Waals surface area contributed by atoms with Crippen molar-refractivity contribution in [2.24, 2.45) is 11.3 Å². The molecule has 0 saturated heterocycles. The SMILES string of the molecule is CCCCC(CC)C(NCCC)C(C)(C)C. The van der Waals surface area contributed by atoms with Crippen LogP contribution in [0.1, 0.15) is 73.6 Å². The van der Waals surface area contributed by atoms with E-state index in [-0.39, 0.29) is 0 Å². The van der Waals surface area contributed by atoms with Crippen LogP contribution in [0, 0.1) is 11.3 Å². The van der Waals surface area contributed by atoms with Gasteiger partial charge in [0.1, 0.15) is 0 Å². The molecule has 0 fully saturated rings. The maximum Gasteiger partial charge on any atom is 0.0144 e. The third-order valence-corrected chi connectivity index (χ3v) is 3.47. The fourth-order valence-corrected chi connectivity index (χ4v) is 2.55. The smallest absolute Gasteiger partial charge is 0.0144 e. The highest BCUT2D eigenvalue weighted by Gasteiger charge is 2.29. The van der Waals surface area contributed by atoms with Gasteiger partial charge in [0.15, 0.2) is 0 Å². The van der Waals surface area contributed by atoms with E-state index in [9.17, 15) is 0 Å². The molecule has 0 radical (unpaired) electrons. The van der Waals surface area contributed by atoms with Gasteiger partial charge in [0, 0.05) is 6.04 Å². The van der Waals surface area contributed by atoms with Crippen molar-refractivity contribution in [3.05, 3.63) is 0 Å². The molecule has 0 aromatic rings. The van der Waals surface area contributed by atoms with Gasteiger partial charge in [-0.25, -0.2) is 0 Å². The second kappa shape index (κ2) is 8.11. The molecule has 2 unspecified atom stereocenters. The van der Waals surface area contributed by atoms with Gasteiger partial charge in [0.05, 0.1) is 0 Å². The summed E-state index contributed by atoms with van der Waals surface area (Å²) in [6.07, 6.45) is 6.61. The van der Waals surface area contributed by atoms with Crippen LogP contribution in [0.4, 0.5) is 0 Å². The van der Waals surface area contributed by atoms with Crippen molar-refractivity contribution < 1.29 is 0 Å². The summed E-state index contributed by atoms with van der Waals surface area (Å²) < 4.78 is 0. The summed E-state index contributed by atoms with van der Waals surface area (Å²) in [6.45, 7) is 15.1. The molecule has 0 spiro atoms. The Balaban J connectivity index is 4.43. The van der Waals surface area contributed by atoms with Gasteiger partial charge in [-0.15, -0.1) is 0 Å². The largest absolute Gasteiger partial charge is 0.313 e. The van der Waals surface area contributed by atoms with Crippen molar-refractivity contribution in [2.45, 2.75) is 79.7 Å². The van der Waals surface area contributed by atoms with E-state index in [0.717, 1.165) is 12.5 Å². The standard InChI is InChI=1S/C15H33N/c1-7-10-11-13(9-3)14(15(4,5)6)16-12-8-2/h13-14,16H,7-12H2,1-6H3. The van der Waals surface area contributed by atoms with Crippen LogP contribution in [-0.4, -0.2) is 12.6 Å². The highest BCUT2D eigenvalue weighted by molar-refractivity contribution is 4.86. The second-order valence-electron chi connectivity index (χ2n) is 6.11. The Bertz CT molecular complexity index is 157. The van der Waals surface area contributed by atoms with Crippen molar-refractivity contribution in [1.82, 2.24) is 5.32 Å². The monoisotopic (exact) mass is 227 g/mol. The quantitative estimate of drug-likeness (QED) is 0.638. The Morgan fingerprint density at radius 1 is 1.00 bits per heavy atom. The maximum absolute atomic E-state index is 3.77. The minimum absolute atomic E-state index is 0.379. The van der Waals surface area contributed by atoms with Gasteiger partial charge >= 0.3 is 0 Å². The molecule has 1 N–H and O–H groups in total. The number of hydrogen-bond acceptors (Lipinski definition) is 1. The summed E-state index contributed by atoms with van der Waals surface area (Å²) >= 11 is 0. The molecule has 0 aliphatic carbocycles. The maximum atomic E-state index is 3.77. The average molecular weight is 227 g/mol. The van der Waals surface area contributed by atoms with Gasteiger partial charge in [-0.3, -0.25) is 0 Å². The van der Waals surface area contributed by atoms with Crippen LogP contribution in [0.3, 0.4) is 0 Å². The zero-order valence-corrected chi connectivity index (χ0v) is 12.4. The van der Waals surface area contributed by atoms with E-state index >= 15 is 0 Å². The molecular weight excluding hydrogens is 194 g/mol. The lowest BCUT2D eigenvalue weighted by Crippen LogP contribution is -2.46. The van der Waals surface area contributed by atoms with Gasteiger partial charge in [0.2, 0.25) is 0 Å². The zero-order valence-electron chi connectivity index (χ0n) is 12.4. The van der Waals surface area contributed by atoms with Crippen LogP contribution >= 0.6 is 0 Å². The molecule has 1 heteroatoms. The third-order valence-electron chi connectivity index (χ3n) is 3.47. The number of unbranched alkanes of at least 4 members (excludes halogenated alkanes) is 1. The molecule has 0 aliphatic heterocycles. The van der Waals surface area contributed by atoms with Gasteiger partial charge in [-0.1, -0.05) is 60.8 Å². The van der Waals surface area contributed by atoms with E-state index in [4.69, 9.17) is 0 Å². The fourth-order valence-electron chi connectivity index (χ4n) is 2.55. The summed E-state index contributed by atoms with van der Waals surface area (Å²) in [5.74, 6) is 0.839. The lowest BCUT2D eigenvalue weighted by Gasteiger charge is -2.38. The van der Waals surface area contributed by atoms with Crippen molar-refractivity contribution in [2.75, 3.05) is 6.54 Å². The van der Waals surface area contributed by atoms with E-state index in [1.165, 1.54) is 32.1 Å². The molecule has 0 bridgehead atoms. The summed E-state index contributed by atoms with van der Waals surface area (Å²) in [5.41, 5.74) is 0.379. The van der Waals surface area contributed by atoms with E-state index in [0.29, 0.717) is 11.5 Å². The van der Waals surface area contributed by atoms with E-state index < -0.39 is 0 Å². The first-order valence-electron chi connectivity index (χ1n) is 7.20. The molecule has 0 aromatic heterocycles. The Morgan fingerprint density at radius 3 is 2.00 bits per heavy atom. The summed E-state index contributed by atoms with van der Waals surface area (Å²) in [6, 6.07) is 0.670. The minimum Gasteiger partial charge on any atom is -0.313 e. The first-order chi connectivity index (χ1) is 7.47. The Kier molecular flexibility index (Phi) is 8.09. The summed E-state index contributed by atoms with van der Waals surface area (Å²) in [4.78, 5) is 0. The first-order valence-corrected chi connectivity index (χ1v) is 7.20. The van der Waals surface area contributed by atoms with E-state index in [1.54, 1.807) is 0 Å². The van der Waals surface area contributed by atoms with Crippen LogP contribution < -0.4 is 5.32 Å². The molecule has 0 amide bonds. The van der Waals surface area contributed by atoms with Gasteiger partial charge in [-0.05, 0) is 30.7 Å². The number of nitrogens with one attached hydrogen (secondary N) is 1. The average Bonchev–Trinajstić information content (AvgIpc) is 2.21. The zero-order chi connectivity index (χ0) is 12.6. The van der Waals surface area contributed by atoms with Crippen molar-refractivity contribution in [3.63, 3.8) is 0 Å². The van der Waals surface area contributed by atoms with Gasteiger partial charge in [0.25, 0.3) is 0 Å². The lowest BCUT2D eigenvalue weighted by atomic mass is 9.76. The molecule has 16 heavy (non-hydrogen) atoms. The summed E-state index contributed by atoms with van der Waals surface area (Å²) in [5, 5.41) is 3.77. The highest BCUT2D eigenvalue weighted by Crippen LogP contribution is 2.30. The topological polar surface area (TPSA) is 12.0 Å². The van der Waals surface area contributed by atoms with Gasteiger partial charge < -0.3 is 5.32 Å². The molecule has 0 aliphatic rings. The fraction of sp³-hybridized carbons (Fsp3) is 1.00. The van der Waals surface area contributed by atoms with E-state index in [2.05, 4.69) is 46.9 Å². The molecule has 2 atom stereocenters. The number of rotatable bonds is 8. The molecule has 0 saturated carbocycles.